The number of rotatable bonds is 22. The van der Waals surface area contributed by atoms with Crippen molar-refractivity contribution in [3.8, 4) is 62.9 Å². The Balaban J connectivity index is 0.842. The Bertz CT molecular complexity index is 5400. The molecule has 2 fully saturated rings. The van der Waals surface area contributed by atoms with Crippen molar-refractivity contribution in [3.05, 3.63) is 400 Å². The van der Waals surface area contributed by atoms with Crippen molar-refractivity contribution in [1.82, 2.24) is 0 Å². The van der Waals surface area contributed by atoms with Crippen LogP contribution in [0.3, 0.4) is 0 Å². The molecule has 13 aromatic rings. The molecular weight excluding hydrogens is 1430 g/mol. The SMILES string of the molecule is O=C(O[C@@H]1O[C@@H]2CO[C@@H](c3ccccc3)O[C@H]2[C@@H]2OC(=O)c3cc4c(c(OCc5ccccc5)c3-c3c(cc(OCc5ccccc5)c5c3OC(c3ccccc3)(c3ccccc3)O5)C(=O)O[C@@H]12)OC(c1ccccc1)(c1ccccc1)O4)c1cc(OCc2ccccc2)c(OCc2ccccc2)c(OCc2ccccc2)c1. The van der Waals surface area contributed by atoms with Gasteiger partial charge in [0.25, 0.3) is 0 Å². The van der Waals surface area contributed by atoms with E-state index in [9.17, 15) is 0 Å². The van der Waals surface area contributed by atoms with Gasteiger partial charge in [-0.05, 0) is 52.1 Å². The summed E-state index contributed by atoms with van der Waals surface area (Å²) < 4.78 is 105. The molecule has 560 valence electrons. The smallest absolute Gasteiger partial charge is 0.340 e. The molecule has 0 bridgehead atoms. The van der Waals surface area contributed by atoms with Gasteiger partial charge in [0.1, 0.15) is 45.2 Å². The molecule has 0 spiro atoms. The van der Waals surface area contributed by atoms with Gasteiger partial charge in [-0.1, -0.05) is 303 Å². The largest absolute Gasteiger partial charge is 0.485 e. The van der Waals surface area contributed by atoms with E-state index < -0.39 is 66.5 Å². The van der Waals surface area contributed by atoms with Crippen molar-refractivity contribution in [2.45, 2.75) is 81.6 Å². The van der Waals surface area contributed by atoms with Crippen LogP contribution in [0.15, 0.2) is 328 Å². The minimum Gasteiger partial charge on any atom is -0.485 e. The minimum absolute atomic E-state index is 0.0259. The number of esters is 3. The van der Waals surface area contributed by atoms with E-state index in [0.29, 0.717) is 27.8 Å². The maximum absolute atomic E-state index is 17.1. The number of ether oxygens (including phenoxy) is 15. The summed E-state index contributed by atoms with van der Waals surface area (Å²) in [7, 11) is 0. The zero-order chi connectivity index (χ0) is 76.1. The molecule has 13 aromatic carbocycles. The molecule has 18 heteroatoms. The molecule has 0 saturated carbocycles. The lowest BCUT2D eigenvalue weighted by Crippen LogP contribution is -2.64. The van der Waals surface area contributed by atoms with Crippen molar-refractivity contribution in [2.24, 2.45) is 0 Å². The molecule has 0 amide bonds. The number of benzene rings is 13. The molecule has 5 aliphatic heterocycles. The predicted molar refractivity (Wildman–Crippen MR) is 415 cm³/mol. The van der Waals surface area contributed by atoms with E-state index in [2.05, 4.69) is 0 Å². The van der Waals surface area contributed by atoms with E-state index in [-0.39, 0.29) is 119 Å². The fourth-order valence-electron chi connectivity index (χ4n) is 14.7. The molecule has 0 unspecified atom stereocenters. The first-order valence-corrected chi connectivity index (χ1v) is 37.2. The van der Waals surface area contributed by atoms with Gasteiger partial charge in [-0.3, -0.25) is 0 Å². The van der Waals surface area contributed by atoms with Crippen LogP contribution in [0.5, 0.6) is 51.7 Å². The zero-order valence-electron chi connectivity index (χ0n) is 60.7. The van der Waals surface area contributed by atoms with Gasteiger partial charge in [0.15, 0.2) is 46.9 Å². The van der Waals surface area contributed by atoms with Crippen LogP contribution >= 0.6 is 0 Å². The van der Waals surface area contributed by atoms with Crippen molar-refractivity contribution in [2.75, 3.05) is 6.61 Å². The van der Waals surface area contributed by atoms with Crippen LogP contribution in [0.2, 0.25) is 0 Å². The molecule has 18 rings (SSSR count). The van der Waals surface area contributed by atoms with Gasteiger partial charge < -0.3 is 71.1 Å². The van der Waals surface area contributed by atoms with Crippen LogP contribution < -0.4 is 42.6 Å². The number of hydrogen-bond donors (Lipinski definition) is 0. The van der Waals surface area contributed by atoms with Crippen molar-refractivity contribution in [3.63, 3.8) is 0 Å². The van der Waals surface area contributed by atoms with Gasteiger partial charge in [0.05, 0.1) is 23.3 Å². The van der Waals surface area contributed by atoms with E-state index in [1.807, 2.05) is 303 Å². The number of carbonyl (C=O) groups is 3. The second-order valence-corrected chi connectivity index (χ2v) is 27.6. The second-order valence-electron chi connectivity index (χ2n) is 27.6. The van der Waals surface area contributed by atoms with E-state index >= 15 is 14.4 Å². The lowest BCUT2D eigenvalue weighted by Gasteiger charge is -2.48. The third kappa shape index (κ3) is 14.3. The summed E-state index contributed by atoms with van der Waals surface area (Å²) in [5.74, 6) is -6.24. The van der Waals surface area contributed by atoms with Gasteiger partial charge in [-0.2, -0.15) is 0 Å². The lowest BCUT2D eigenvalue weighted by atomic mass is 9.90. The fourth-order valence-corrected chi connectivity index (χ4v) is 14.7. The second kappa shape index (κ2) is 31.4. The summed E-state index contributed by atoms with van der Waals surface area (Å²) in [6.45, 7) is -0.171. The Morgan fingerprint density at radius 3 is 1.20 bits per heavy atom. The maximum Gasteiger partial charge on any atom is 0.340 e. The van der Waals surface area contributed by atoms with E-state index in [4.69, 9.17) is 71.1 Å². The van der Waals surface area contributed by atoms with E-state index in [1.165, 1.54) is 24.3 Å². The summed E-state index contributed by atoms with van der Waals surface area (Å²) in [6.07, 6.45) is -9.09. The number of hydrogen-bond acceptors (Lipinski definition) is 18. The van der Waals surface area contributed by atoms with E-state index in [1.54, 1.807) is 0 Å². The lowest BCUT2D eigenvalue weighted by molar-refractivity contribution is -0.351. The highest BCUT2D eigenvalue weighted by Gasteiger charge is 2.58. The Morgan fingerprint density at radius 2 is 0.735 bits per heavy atom. The quantitative estimate of drug-likeness (QED) is 0.0459. The molecular formula is C95H72O18. The summed E-state index contributed by atoms with van der Waals surface area (Å²) in [5.41, 5.74) is 6.13. The zero-order valence-corrected chi connectivity index (χ0v) is 60.7. The molecule has 18 nitrogen and oxygen atoms in total. The van der Waals surface area contributed by atoms with Crippen LogP contribution in [0.4, 0.5) is 0 Å². The Morgan fingerprint density at radius 1 is 0.354 bits per heavy atom. The highest BCUT2D eigenvalue weighted by atomic mass is 16.8. The first-order chi connectivity index (χ1) is 55.7. The van der Waals surface area contributed by atoms with Gasteiger partial charge in [0, 0.05) is 38.9 Å². The maximum atomic E-state index is 17.1. The summed E-state index contributed by atoms with van der Waals surface area (Å²) in [4.78, 5) is 50.0. The molecule has 5 aliphatic rings. The van der Waals surface area contributed by atoms with Crippen molar-refractivity contribution in [1.29, 1.82) is 0 Å². The molecule has 6 atom stereocenters. The Kier molecular flexibility index (Phi) is 19.7. The third-order valence-corrected chi connectivity index (χ3v) is 20.2. The molecule has 0 aliphatic carbocycles. The number of carbonyl (C=O) groups excluding carboxylic acids is 3. The average molecular weight is 1500 g/mol. The van der Waals surface area contributed by atoms with Crippen LogP contribution in [0.1, 0.15) is 93.0 Å². The topological polar surface area (TPSA) is 190 Å². The summed E-state index contributed by atoms with van der Waals surface area (Å²) >= 11 is 0. The van der Waals surface area contributed by atoms with Crippen molar-refractivity contribution >= 4 is 17.9 Å². The van der Waals surface area contributed by atoms with Crippen LogP contribution in [0.25, 0.3) is 11.1 Å². The molecule has 5 heterocycles. The highest BCUT2D eigenvalue weighted by molar-refractivity contribution is 6.09. The summed E-state index contributed by atoms with van der Waals surface area (Å²) in [5, 5.41) is 0. The Labute approximate surface area is 650 Å². The van der Waals surface area contributed by atoms with Gasteiger partial charge in [0.2, 0.25) is 29.6 Å². The van der Waals surface area contributed by atoms with E-state index in [0.717, 1.165) is 27.8 Å². The van der Waals surface area contributed by atoms with Crippen LogP contribution in [-0.2, 0) is 73.0 Å². The van der Waals surface area contributed by atoms with Gasteiger partial charge in [-0.25, -0.2) is 14.4 Å². The predicted octanol–water partition coefficient (Wildman–Crippen LogP) is 18.4. The van der Waals surface area contributed by atoms with Crippen molar-refractivity contribution < 1.29 is 85.4 Å². The van der Waals surface area contributed by atoms with Gasteiger partial charge in [-0.15, -0.1) is 0 Å². The molecule has 0 radical (unpaired) electrons. The monoisotopic (exact) mass is 1500 g/mol. The molecule has 0 N–H and O–H groups in total. The highest BCUT2D eigenvalue weighted by Crippen LogP contribution is 2.63. The fraction of sp³-hybridized carbons (Fsp3) is 0.147. The summed E-state index contributed by atoms with van der Waals surface area (Å²) in [6, 6.07) is 100. The minimum atomic E-state index is -1.92. The molecule has 2 saturated heterocycles. The Hall–Kier alpha value is -13.7. The third-order valence-electron chi connectivity index (χ3n) is 20.2. The standard InChI is InChI=1S/C95H72O18/c96-89(67-51-74(99-55-61-31-11-1-12-32-61)81(102-58-64-37-17-4-18-38-64)75(52-67)100-56-62-33-13-2-14-34-62)109-93-88-87(82-78(105-93)60-104-92(108-82)66-41-21-6-22-42-66)106-90(97)73-54-77-84(112-94(110-77,68-43-23-7-24-44-68)69-45-25-8-26-46-69)85(103-59-65-39-19-5-20-40-65)79(73)80-72(91(98)107-88)53-76(101-57-63-35-15-3-16-36-63)83-86(80)113-95(111-83,70-47-27-9-28-48-70)71-49-29-10-30-50-71/h1-54,78,82,87-88,92-93H,55-60H2/t78-,82-,87+,88-,92-,93+/m1/s1. The average Bonchev–Trinajstić information content (AvgIpc) is 1.58. The number of fused-ring (bicyclic) bond motifs is 9. The first kappa shape index (κ1) is 71.0. The molecule has 113 heavy (non-hydrogen) atoms. The van der Waals surface area contributed by atoms with Crippen LogP contribution in [-0.4, -0.2) is 55.2 Å². The first-order valence-electron chi connectivity index (χ1n) is 37.2. The van der Waals surface area contributed by atoms with Gasteiger partial charge >= 0.3 is 29.5 Å². The molecule has 0 aromatic heterocycles. The normalized spacial score (nSPS) is 18.6. The van der Waals surface area contributed by atoms with Crippen LogP contribution in [0, 0.1) is 0 Å².